The van der Waals surface area contributed by atoms with E-state index in [9.17, 15) is 0 Å². The van der Waals surface area contributed by atoms with Crippen LogP contribution in [0.1, 0.15) is 29.5 Å². The van der Waals surface area contributed by atoms with E-state index < -0.39 is 0 Å². The number of fused-ring (bicyclic) bond motifs is 10. The third-order valence-corrected chi connectivity index (χ3v) is 9.81. The molecule has 0 atom stereocenters. The number of hydrogen-bond acceptors (Lipinski definition) is 3. The first-order valence-electron chi connectivity index (χ1n) is 16.0. The lowest BCUT2D eigenvalue weighted by atomic mass is 9.92. The third kappa shape index (κ3) is 4.26. The second kappa shape index (κ2) is 10.5. The van der Waals surface area contributed by atoms with Gasteiger partial charge < -0.3 is 9.64 Å². The molecular formula is C41H33N4O+. The van der Waals surface area contributed by atoms with Crippen LogP contribution in [0.2, 0.25) is 0 Å². The first-order chi connectivity index (χ1) is 22.6. The molecule has 0 bridgehead atoms. The van der Waals surface area contributed by atoms with Crippen LogP contribution in [0.3, 0.4) is 0 Å². The molecule has 3 aliphatic heterocycles. The van der Waals surface area contributed by atoms with Crippen LogP contribution in [0.5, 0.6) is 11.5 Å². The van der Waals surface area contributed by atoms with Gasteiger partial charge in [-0.2, -0.15) is 0 Å². The highest BCUT2D eigenvalue weighted by atomic mass is 16.5. The topological polar surface area (TPSA) is 40.2 Å². The molecule has 0 saturated heterocycles. The fraction of sp³-hybridized carbons (Fsp3) is 0.146. The van der Waals surface area contributed by atoms with Gasteiger partial charge in [-0.3, -0.25) is 0 Å². The van der Waals surface area contributed by atoms with Crippen molar-refractivity contribution in [1.82, 2.24) is 0 Å². The molecule has 0 spiro atoms. The zero-order chi connectivity index (χ0) is 30.8. The Kier molecular flexibility index (Phi) is 6.13. The Morgan fingerprint density at radius 1 is 0.630 bits per heavy atom. The summed E-state index contributed by atoms with van der Waals surface area (Å²) in [6.45, 7) is 0. The van der Waals surface area contributed by atoms with Crippen LogP contribution < -0.4 is 20.2 Å². The largest absolute Gasteiger partial charge is 0.455 e. The van der Waals surface area contributed by atoms with Crippen LogP contribution in [0.15, 0.2) is 119 Å². The molecule has 0 saturated carbocycles. The minimum atomic E-state index is 0.894. The summed E-state index contributed by atoms with van der Waals surface area (Å²) in [6.07, 6.45) is 5.94. The van der Waals surface area contributed by atoms with E-state index >= 15 is 0 Å². The summed E-state index contributed by atoms with van der Waals surface area (Å²) in [5, 5.41) is 6.88. The molecule has 9 rings (SSSR count). The maximum Gasteiger partial charge on any atom is 0.299 e. The van der Waals surface area contributed by atoms with E-state index in [2.05, 4.69) is 127 Å². The zero-order valence-electron chi connectivity index (χ0n) is 26.0. The minimum Gasteiger partial charge on any atom is -0.455 e. The normalized spacial score (nSPS) is 15.7. The molecule has 3 aliphatic rings. The smallest absolute Gasteiger partial charge is 0.299 e. The van der Waals surface area contributed by atoms with E-state index in [0.29, 0.717) is 0 Å². The second-order valence-corrected chi connectivity index (χ2v) is 12.4. The van der Waals surface area contributed by atoms with Crippen LogP contribution in [-0.2, 0) is 12.8 Å². The molecule has 0 unspecified atom stereocenters. The molecule has 46 heavy (non-hydrogen) atoms. The van der Waals surface area contributed by atoms with Crippen LogP contribution in [0, 0.1) is 0 Å². The molecule has 0 aliphatic carbocycles. The standard InChI is InChI=1S/C41H33N4O/c1-44(28-9-5-3-6-10-28)38-23-19-32-30-15-13-26-25-27-14-16-31-33-20-24-39(45(2)29-11-7-4-8-12-29)43-37(33)22-18-35(31)41(27)46-40(26)34(30)17-21-36(32)42-38/h3-18,21-22,25H,19-20,23-24H2,1-2H3/q+1. The van der Waals surface area contributed by atoms with Crippen molar-refractivity contribution < 1.29 is 9.31 Å². The molecule has 0 fully saturated rings. The van der Waals surface area contributed by atoms with Crippen LogP contribution in [0.4, 0.5) is 17.1 Å². The summed E-state index contributed by atoms with van der Waals surface area (Å²) in [7, 11) is 4.21. The monoisotopic (exact) mass is 597 g/mol. The number of amidine groups is 2. The molecule has 222 valence electrons. The van der Waals surface area contributed by atoms with Crippen molar-refractivity contribution in [2.75, 3.05) is 19.0 Å². The van der Waals surface area contributed by atoms with E-state index in [1.165, 1.54) is 21.9 Å². The summed E-state index contributed by atoms with van der Waals surface area (Å²) in [5.74, 6) is 4.04. The molecule has 6 aromatic carbocycles. The fourth-order valence-electron chi connectivity index (χ4n) is 7.30. The van der Waals surface area contributed by atoms with E-state index in [-0.39, 0.29) is 0 Å². The SMILES string of the molecule is CN(C1=Nc2ccc3c4c(ccc3c2CC1)C=c1ccc2c3c(ccc2c1O4)=NC(=[N+](C)c1ccccc1)CC3)c1ccccc1. The lowest BCUT2D eigenvalue weighted by Gasteiger charge is -2.26. The van der Waals surface area contributed by atoms with E-state index in [1.54, 1.807) is 0 Å². The number of rotatable bonds is 2. The van der Waals surface area contributed by atoms with E-state index in [1.807, 2.05) is 12.1 Å². The quantitative estimate of drug-likeness (QED) is 0.190. The third-order valence-electron chi connectivity index (χ3n) is 9.81. The number of hydrogen-bond donors (Lipinski definition) is 0. The van der Waals surface area contributed by atoms with Gasteiger partial charge in [-0.15, -0.1) is 0 Å². The lowest BCUT2D eigenvalue weighted by molar-refractivity contribution is -0.407. The first kappa shape index (κ1) is 26.8. The molecular weight excluding hydrogens is 564 g/mol. The number of aryl methyl sites for hydroxylation is 2. The van der Waals surface area contributed by atoms with Crippen molar-refractivity contribution in [2.45, 2.75) is 25.7 Å². The molecule has 0 aromatic heterocycles. The maximum atomic E-state index is 6.90. The summed E-state index contributed by atoms with van der Waals surface area (Å²) in [6, 6.07) is 38.5. The van der Waals surface area contributed by atoms with Crippen molar-refractivity contribution in [3.63, 3.8) is 0 Å². The van der Waals surface area contributed by atoms with Gasteiger partial charge in [-0.05, 0) is 88.8 Å². The molecule has 5 heteroatoms. The van der Waals surface area contributed by atoms with Gasteiger partial charge in [0.25, 0.3) is 5.84 Å². The predicted molar refractivity (Wildman–Crippen MR) is 188 cm³/mol. The Hall–Kier alpha value is -5.55. The minimum absolute atomic E-state index is 0.894. The molecule has 6 aromatic rings. The van der Waals surface area contributed by atoms with Crippen LogP contribution >= 0.6 is 0 Å². The van der Waals surface area contributed by atoms with Gasteiger partial charge in [0.05, 0.1) is 19.2 Å². The average Bonchev–Trinajstić information content (AvgIpc) is 3.13. The van der Waals surface area contributed by atoms with Crippen molar-refractivity contribution in [3.8, 4) is 11.5 Å². The van der Waals surface area contributed by atoms with Crippen LogP contribution in [-0.4, -0.2) is 30.3 Å². The fourth-order valence-corrected chi connectivity index (χ4v) is 7.30. The van der Waals surface area contributed by atoms with Crippen molar-refractivity contribution in [2.24, 2.45) is 9.98 Å². The number of anilines is 1. The van der Waals surface area contributed by atoms with Gasteiger partial charge in [-0.25, -0.2) is 9.57 Å². The van der Waals surface area contributed by atoms with E-state index in [4.69, 9.17) is 14.7 Å². The lowest BCUT2D eigenvalue weighted by Crippen LogP contribution is -2.28. The van der Waals surface area contributed by atoms with Crippen LogP contribution in [0.25, 0.3) is 27.6 Å². The molecule has 0 amide bonds. The highest BCUT2D eigenvalue weighted by Gasteiger charge is 2.25. The average molecular weight is 598 g/mol. The Morgan fingerprint density at radius 3 is 2.17 bits per heavy atom. The summed E-state index contributed by atoms with van der Waals surface area (Å²) in [4.78, 5) is 12.4. The van der Waals surface area contributed by atoms with Gasteiger partial charge in [0.15, 0.2) is 5.36 Å². The van der Waals surface area contributed by atoms with Gasteiger partial charge in [0, 0.05) is 46.3 Å². The first-order valence-corrected chi connectivity index (χ1v) is 16.0. The Labute approximate surface area is 267 Å². The molecule has 3 heterocycles. The summed E-state index contributed by atoms with van der Waals surface area (Å²) < 4.78 is 9.10. The Bertz CT molecular complexity index is 2410. The zero-order valence-corrected chi connectivity index (χ0v) is 26.0. The van der Waals surface area contributed by atoms with Gasteiger partial charge in [0.2, 0.25) is 0 Å². The summed E-state index contributed by atoms with van der Waals surface area (Å²) >= 11 is 0. The Morgan fingerprint density at radius 2 is 1.33 bits per heavy atom. The molecule has 0 N–H and O–H groups in total. The maximum absolute atomic E-state index is 6.90. The van der Waals surface area contributed by atoms with Crippen molar-refractivity contribution in [3.05, 3.63) is 136 Å². The van der Waals surface area contributed by atoms with Gasteiger partial charge in [0.1, 0.15) is 23.0 Å². The highest BCUT2D eigenvalue weighted by molar-refractivity contribution is 6.04. The number of ether oxygens (including phenoxy) is 1. The number of nitrogens with zero attached hydrogens (tertiary/aromatic N) is 4. The molecule has 0 radical (unpaired) electrons. The molecule has 5 nitrogen and oxygen atoms in total. The number of aliphatic imine (C=N–C) groups is 1. The second-order valence-electron chi connectivity index (χ2n) is 12.4. The number of benzene rings is 6. The van der Waals surface area contributed by atoms with Crippen molar-refractivity contribution >= 4 is 56.4 Å². The Balaban J connectivity index is 1.11. The number of para-hydroxylation sites is 2. The summed E-state index contributed by atoms with van der Waals surface area (Å²) in [5.41, 5.74) is 7.05. The van der Waals surface area contributed by atoms with Crippen molar-refractivity contribution in [1.29, 1.82) is 0 Å². The van der Waals surface area contributed by atoms with Gasteiger partial charge >= 0.3 is 0 Å². The predicted octanol–water partition coefficient (Wildman–Crippen LogP) is 7.98. The van der Waals surface area contributed by atoms with Gasteiger partial charge in [-0.1, -0.05) is 60.7 Å². The highest BCUT2D eigenvalue weighted by Crippen LogP contribution is 2.42. The van der Waals surface area contributed by atoms with E-state index in [0.717, 1.165) is 92.8 Å².